The van der Waals surface area contributed by atoms with Crippen molar-refractivity contribution in [1.29, 1.82) is 0 Å². The number of hydrogen-bond acceptors (Lipinski definition) is 5. The van der Waals surface area contributed by atoms with Gasteiger partial charge in [0, 0.05) is 25.2 Å². The molecule has 162 valence electrons. The quantitative estimate of drug-likeness (QED) is 0.661. The highest BCUT2D eigenvalue weighted by molar-refractivity contribution is 5.83. The van der Waals surface area contributed by atoms with Crippen LogP contribution in [0.2, 0.25) is 0 Å². The van der Waals surface area contributed by atoms with Crippen LogP contribution >= 0.6 is 0 Å². The van der Waals surface area contributed by atoms with Crippen molar-refractivity contribution in [1.82, 2.24) is 0 Å². The lowest BCUT2D eigenvalue weighted by Crippen LogP contribution is -2.61. The van der Waals surface area contributed by atoms with Crippen molar-refractivity contribution in [2.75, 3.05) is 6.61 Å². The SMILES string of the molecule is C[C@]12C(CC[C@@H]3[C@@H]1[C@@H](O)C[C@]1(C)[C@@H](C(=O)CO)CC[C@@H]31)CC(=O)CC2CC(=O)O. The first-order valence-electron chi connectivity index (χ1n) is 11.2. The van der Waals surface area contributed by atoms with Crippen LogP contribution in [0.4, 0.5) is 0 Å². The Bertz CT molecular complexity index is 716. The van der Waals surface area contributed by atoms with Gasteiger partial charge in [-0.25, -0.2) is 0 Å². The van der Waals surface area contributed by atoms with E-state index in [1.807, 2.05) is 0 Å². The maximum Gasteiger partial charge on any atom is 0.303 e. The van der Waals surface area contributed by atoms with Gasteiger partial charge in [-0.3, -0.25) is 14.4 Å². The number of carboxylic acids is 1. The van der Waals surface area contributed by atoms with Gasteiger partial charge < -0.3 is 15.3 Å². The average Bonchev–Trinajstić information content (AvgIpc) is 2.98. The zero-order chi connectivity index (χ0) is 21.1. The number of aliphatic hydroxyl groups excluding tert-OH is 2. The number of Topliss-reactive ketones (excluding diaryl/α,β-unsaturated/α-hetero) is 2. The first-order valence-corrected chi connectivity index (χ1v) is 11.2. The van der Waals surface area contributed by atoms with E-state index in [9.17, 15) is 29.7 Å². The maximum atomic E-state index is 12.4. The molecule has 29 heavy (non-hydrogen) atoms. The zero-order valence-corrected chi connectivity index (χ0v) is 17.5. The third-order valence-electron chi connectivity index (χ3n) is 9.69. The fourth-order valence-corrected chi connectivity index (χ4v) is 8.53. The molecule has 0 aromatic carbocycles. The van der Waals surface area contributed by atoms with Crippen molar-refractivity contribution in [2.24, 2.45) is 46.3 Å². The molecule has 4 rings (SSSR count). The summed E-state index contributed by atoms with van der Waals surface area (Å²) in [6.45, 7) is 3.79. The summed E-state index contributed by atoms with van der Waals surface area (Å²) >= 11 is 0. The van der Waals surface area contributed by atoms with Crippen molar-refractivity contribution in [3.8, 4) is 0 Å². The van der Waals surface area contributed by atoms with Gasteiger partial charge in [0.05, 0.1) is 6.10 Å². The molecule has 0 saturated heterocycles. The molecule has 4 aliphatic rings. The van der Waals surface area contributed by atoms with Crippen molar-refractivity contribution >= 4 is 17.5 Å². The molecular weight excluding hydrogens is 372 g/mol. The van der Waals surface area contributed by atoms with Crippen LogP contribution in [0.1, 0.15) is 65.2 Å². The third kappa shape index (κ3) is 3.01. The fraction of sp³-hybridized carbons (Fsp3) is 0.870. The standard InChI is InChI=1S/C23H34O6/c1-22-10-18(26)21-15(16(22)5-6-17(22)19(27)11-24)4-3-12-7-14(25)8-13(9-20(28)29)23(12,21)2/h12-13,15-18,21,24,26H,3-11H2,1-2H3,(H,28,29)/t12?,13?,15-,16-,17+,18-,21+,22-,23+/m0/s1. The maximum absolute atomic E-state index is 12.4. The lowest BCUT2D eigenvalue weighted by Gasteiger charge is -2.63. The molecule has 0 amide bonds. The van der Waals surface area contributed by atoms with Crippen LogP contribution in [0.15, 0.2) is 0 Å². The Balaban J connectivity index is 1.71. The second-order valence-corrected chi connectivity index (χ2v) is 10.7. The monoisotopic (exact) mass is 406 g/mol. The van der Waals surface area contributed by atoms with Crippen molar-refractivity contribution in [3.05, 3.63) is 0 Å². The second-order valence-electron chi connectivity index (χ2n) is 10.7. The number of rotatable bonds is 4. The van der Waals surface area contributed by atoms with E-state index < -0.39 is 18.7 Å². The lowest BCUT2D eigenvalue weighted by atomic mass is 9.41. The van der Waals surface area contributed by atoms with Crippen LogP contribution in [0.3, 0.4) is 0 Å². The molecule has 0 aromatic rings. The molecule has 0 radical (unpaired) electrons. The van der Waals surface area contributed by atoms with Crippen LogP contribution in [0, 0.1) is 46.3 Å². The summed E-state index contributed by atoms with van der Waals surface area (Å²) in [5, 5.41) is 30.3. The fourth-order valence-electron chi connectivity index (χ4n) is 8.53. The summed E-state index contributed by atoms with van der Waals surface area (Å²) in [4.78, 5) is 36.4. The molecule has 0 heterocycles. The molecule has 4 saturated carbocycles. The Kier molecular flexibility index (Phi) is 5.18. The molecule has 6 heteroatoms. The molecule has 2 unspecified atom stereocenters. The molecule has 4 fully saturated rings. The first-order chi connectivity index (χ1) is 13.6. The average molecular weight is 407 g/mol. The smallest absolute Gasteiger partial charge is 0.303 e. The van der Waals surface area contributed by atoms with E-state index >= 15 is 0 Å². The van der Waals surface area contributed by atoms with Crippen LogP contribution in [-0.2, 0) is 14.4 Å². The molecule has 6 nitrogen and oxygen atoms in total. The predicted octanol–water partition coefficient (Wildman–Crippen LogP) is 2.45. The highest BCUT2D eigenvalue weighted by Crippen LogP contribution is 2.68. The topological polar surface area (TPSA) is 112 Å². The van der Waals surface area contributed by atoms with Crippen LogP contribution in [-0.4, -0.2) is 45.6 Å². The summed E-state index contributed by atoms with van der Waals surface area (Å²) < 4.78 is 0. The molecule has 3 N–H and O–H groups in total. The number of carbonyl (C=O) groups excluding carboxylic acids is 2. The number of hydrogen-bond donors (Lipinski definition) is 3. The van der Waals surface area contributed by atoms with Gasteiger partial charge in [-0.2, -0.15) is 0 Å². The molecule has 0 spiro atoms. The summed E-state index contributed by atoms with van der Waals surface area (Å²) in [6, 6.07) is 0. The van der Waals surface area contributed by atoms with Crippen molar-refractivity contribution in [3.63, 3.8) is 0 Å². The normalized spacial score (nSPS) is 49.1. The molecule has 4 aliphatic carbocycles. The van der Waals surface area contributed by atoms with E-state index in [0.717, 1.165) is 25.7 Å². The van der Waals surface area contributed by atoms with Crippen molar-refractivity contribution in [2.45, 2.75) is 71.3 Å². The van der Waals surface area contributed by atoms with Gasteiger partial charge in [0.25, 0.3) is 0 Å². The van der Waals surface area contributed by atoms with Crippen molar-refractivity contribution < 1.29 is 29.7 Å². The second kappa shape index (κ2) is 7.16. The van der Waals surface area contributed by atoms with E-state index in [2.05, 4.69) is 13.8 Å². The van der Waals surface area contributed by atoms with E-state index in [4.69, 9.17) is 0 Å². The van der Waals surface area contributed by atoms with Gasteiger partial charge in [-0.15, -0.1) is 0 Å². The summed E-state index contributed by atoms with van der Waals surface area (Å²) in [5.41, 5.74) is -0.675. The van der Waals surface area contributed by atoms with Crippen LogP contribution < -0.4 is 0 Å². The van der Waals surface area contributed by atoms with E-state index in [-0.39, 0.29) is 58.4 Å². The van der Waals surface area contributed by atoms with Gasteiger partial charge in [-0.1, -0.05) is 13.8 Å². The number of aliphatic carboxylic acids is 1. The Hall–Kier alpha value is -1.27. The molecule has 9 atom stereocenters. The summed E-state index contributed by atoms with van der Waals surface area (Å²) in [6.07, 6.45) is 4.17. The number of carboxylic acid groups (broad SMARTS) is 1. The zero-order valence-electron chi connectivity index (χ0n) is 17.5. The highest BCUT2D eigenvalue weighted by Gasteiger charge is 2.65. The predicted molar refractivity (Wildman–Crippen MR) is 105 cm³/mol. The first kappa shape index (κ1) is 21.0. The van der Waals surface area contributed by atoms with E-state index in [0.29, 0.717) is 25.2 Å². The molecule has 0 bridgehead atoms. The van der Waals surface area contributed by atoms with Gasteiger partial charge in [0.2, 0.25) is 0 Å². The van der Waals surface area contributed by atoms with E-state index in [1.54, 1.807) is 0 Å². The number of aliphatic hydroxyl groups is 2. The van der Waals surface area contributed by atoms with Gasteiger partial charge >= 0.3 is 5.97 Å². The lowest BCUT2D eigenvalue weighted by molar-refractivity contribution is -0.192. The molecular formula is C23H34O6. The van der Waals surface area contributed by atoms with Crippen LogP contribution in [0.5, 0.6) is 0 Å². The number of fused-ring (bicyclic) bond motifs is 5. The largest absolute Gasteiger partial charge is 0.481 e. The summed E-state index contributed by atoms with van der Waals surface area (Å²) in [7, 11) is 0. The minimum Gasteiger partial charge on any atom is -0.481 e. The minimum absolute atomic E-state index is 0.0256. The van der Waals surface area contributed by atoms with Gasteiger partial charge in [0.15, 0.2) is 5.78 Å². The molecule has 0 aliphatic heterocycles. The Labute approximate surface area is 172 Å². The van der Waals surface area contributed by atoms with E-state index in [1.165, 1.54) is 0 Å². The number of ketones is 2. The Morgan fingerprint density at radius 2 is 1.83 bits per heavy atom. The molecule has 0 aromatic heterocycles. The summed E-state index contributed by atoms with van der Waals surface area (Å²) in [5.74, 6) is -0.644. The minimum atomic E-state index is -0.878. The number of carbonyl (C=O) groups is 3. The van der Waals surface area contributed by atoms with Gasteiger partial charge in [-0.05, 0) is 72.5 Å². The Morgan fingerprint density at radius 1 is 1.10 bits per heavy atom. The van der Waals surface area contributed by atoms with Crippen LogP contribution in [0.25, 0.3) is 0 Å². The highest BCUT2D eigenvalue weighted by atomic mass is 16.4. The third-order valence-corrected chi connectivity index (χ3v) is 9.69. The van der Waals surface area contributed by atoms with Gasteiger partial charge in [0.1, 0.15) is 12.4 Å². The Morgan fingerprint density at radius 3 is 2.48 bits per heavy atom.